The van der Waals surface area contributed by atoms with E-state index in [-0.39, 0.29) is 16.6 Å². The third-order valence-electron chi connectivity index (χ3n) is 7.83. The number of ketones is 2. The van der Waals surface area contributed by atoms with Crippen LogP contribution in [0.5, 0.6) is 0 Å². The molecule has 0 unspecified atom stereocenters. The molecule has 5 atom stereocenters. The molecule has 0 heterocycles. The van der Waals surface area contributed by atoms with Gasteiger partial charge >= 0.3 is 0 Å². The molecule has 0 aromatic carbocycles. The predicted molar refractivity (Wildman–Crippen MR) is 90.9 cm³/mol. The van der Waals surface area contributed by atoms with Crippen LogP contribution >= 0.6 is 0 Å². The van der Waals surface area contributed by atoms with Crippen molar-refractivity contribution in [3.05, 3.63) is 23.3 Å². The third kappa shape index (κ3) is 1.93. The summed E-state index contributed by atoms with van der Waals surface area (Å²) in [6.45, 7) is 6.67. The van der Waals surface area contributed by atoms with Gasteiger partial charge in [-0.1, -0.05) is 32.4 Å². The Morgan fingerprint density at radius 3 is 2.61 bits per heavy atom. The Morgan fingerprint density at radius 1 is 1.09 bits per heavy atom. The number of allylic oxidation sites excluding steroid dienone is 4. The van der Waals surface area contributed by atoms with E-state index >= 15 is 0 Å². The fraction of sp³-hybridized carbons (Fsp3) is 0.714. The molecule has 0 N–H and O–H groups in total. The molecule has 4 aliphatic rings. The van der Waals surface area contributed by atoms with Gasteiger partial charge in [-0.05, 0) is 67.9 Å². The van der Waals surface area contributed by atoms with Crippen molar-refractivity contribution in [3.63, 3.8) is 0 Å². The topological polar surface area (TPSA) is 34.1 Å². The quantitative estimate of drug-likeness (QED) is 0.706. The van der Waals surface area contributed by atoms with Crippen LogP contribution in [0, 0.1) is 28.6 Å². The Kier molecular flexibility index (Phi) is 3.28. The summed E-state index contributed by atoms with van der Waals surface area (Å²) in [6.07, 6.45) is 11.4. The average Bonchev–Trinajstić information content (AvgIpc) is 2.83. The van der Waals surface area contributed by atoms with E-state index in [1.165, 1.54) is 12.0 Å². The van der Waals surface area contributed by atoms with E-state index in [0.29, 0.717) is 23.5 Å². The molecule has 3 saturated carbocycles. The van der Waals surface area contributed by atoms with Crippen LogP contribution in [0.15, 0.2) is 23.3 Å². The van der Waals surface area contributed by atoms with E-state index in [0.717, 1.165) is 44.1 Å². The zero-order valence-electron chi connectivity index (χ0n) is 14.7. The van der Waals surface area contributed by atoms with Crippen molar-refractivity contribution in [2.75, 3.05) is 0 Å². The molecular formula is C21H28O2. The summed E-state index contributed by atoms with van der Waals surface area (Å²) in [5.74, 6) is 2.58. The standard InChI is InChI=1S/C21H28O2/c1-4-13-12-21(3)14(11-18(13)22)5-6-15-16-7-8-19(23)20(16,2)10-9-17(15)21/h11-12,15-17H,4-10H2,1-3H3/t15-,16-,17-,20-,21-/m0/s1. The first-order valence-corrected chi connectivity index (χ1v) is 9.40. The molecule has 0 radical (unpaired) electrons. The molecule has 2 heteroatoms. The van der Waals surface area contributed by atoms with Crippen molar-refractivity contribution in [2.24, 2.45) is 28.6 Å². The second-order valence-corrected chi connectivity index (χ2v) is 8.67. The van der Waals surface area contributed by atoms with Crippen LogP contribution in [0.2, 0.25) is 0 Å². The SMILES string of the molecule is CCC1=C[C@@]2(C)C(=CC1=O)CC[C@@H]1[C@@H]2CC[C@]2(C)C(=O)CC[C@@H]12. The van der Waals surface area contributed by atoms with Gasteiger partial charge in [0.15, 0.2) is 5.78 Å². The second kappa shape index (κ2) is 4.91. The summed E-state index contributed by atoms with van der Waals surface area (Å²) >= 11 is 0. The smallest absolute Gasteiger partial charge is 0.181 e. The molecule has 4 rings (SSSR count). The highest BCUT2D eigenvalue weighted by molar-refractivity contribution is 6.05. The Bertz CT molecular complexity index is 640. The largest absolute Gasteiger partial charge is 0.299 e. The van der Waals surface area contributed by atoms with Gasteiger partial charge in [-0.2, -0.15) is 0 Å². The molecular weight excluding hydrogens is 284 g/mol. The number of Topliss-reactive ketones (excluding diaryl/α,β-unsaturated/α-hetero) is 1. The molecule has 0 aromatic heterocycles. The van der Waals surface area contributed by atoms with Crippen LogP contribution in [0.3, 0.4) is 0 Å². The predicted octanol–water partition coefficient (Wildman–Crippen LogP) is 4.64. The lowest BCUT2D eigenvalue weighted by Crippen LogP contribution is -2.49. The summed E-state index contributed by atoms with van der Waals surface area (Å²) in [7, 11) is 0. The maximum absolute atomic E-state index is 12.4. The zero-order chi connectivity index (χ0) is 16.4. The lowest BCUT2D eigenvalue weighted by molar-refractivity contribution is -0.131. The molecule has 23 heavy (non-hydrogen) atoms. The molecule has 0 aromatic rings. The summed E-state index contributed by atoms with van der Waals surface area (Å²) in [5.41, 5.74) is 2.34. The first kappa shape index (κ1) is 15.4. The Hall–Kier alpha value is -1.18. The van der Waals surface area contributed by atoms with Gasteiger partial charge in [0.25, 0.3) is 0 Å². The normalized spacial score (nSPS) is 45.8. The molecule has 0 bridgehead atoms. The minimum Gasteiger partial charge on any atom is -0.299 e. The second-order valence-electron chi connectivity index (χ2n) is 8.67. The number of carbonyl (C=O) groups is 2. The maximum Gasteiger partial charge on any atom is 0.181 e. The van der Waals surface area contributed by atoms with Gasteiger partial charge in [0, 0.05) is 17.3 Å². The van der Waals surface area contributed by atoms with E-state index in [1.807, 2.05) is 6.08 Å². The number of carbonyl (C=O) groups excluding carboxylic acids is 2. The van der Waals surface area contributed by atoms with E-state index in [2.05, 4.69) is 26.8 Å². The van der Waals surface area contributed by atoms with Crippen LogP contribution in [0.1, 0.15) is 65.7 Å². The summed E-state index contributed by atoms with van der Waals surface area (Å²) < 4.78 is 0. The Balaban J connectivity index is 1.73. The van der Waals surface area contributed by atoms with Gasteiger partial charge in [0.05, 0.1) is 0 Å². The molecule has 2 nitrogen and oxygen atoms in total. The van der Waals surface area contributed by atoms with Crippen molar-refractivity contribution in [3.8, 4) is 0 Å². The minimum atomic E-state index is -0.0550. The molecule has 0 spiro atoms. The van der Waals surface area contributed by atoms with Crippen molar-refractivity contribution >= 4 is 11.6 Å². The van der Waals surface area contributed by atoms with Gasteiger partial charge in [-0.15, -0.1) is 0 Å². The van der Waals surface area contributed by atoms with Gasteiger partial charge < -0.3 is 0 Å². The minimum absolute atomic E-state index is 0.0507. The highest BCUT2D eigenvalue weighted by Crippen LogP contribution is 2.63. The summed E-state index contributed by atoms with van der Waals surface area (Å²) in [4.78, 5) is 24.7. The van der Waals surface area contributed by atoms with Crippen LogP contribution in [-0.4, -0.2) is 11.6 Å². The highest BCUT2D eigenvalue weighted by Gasteiger charge is 2.58. The van der Waals surface area contributed by atoms with Gasteiger partial charge in [0.2, 0.25) is 0 Å². The van der Waals surface area contributed by atoms with E-state index < -0.39 is 0 Å². The monoisotopic (exact) mass is 312 g/mol. The van der Waals surface area contributed by atoms with Crippen molar-refractivity contribution in [2.45, 2.75) is 65.7 Å². The van der Waals surface area contributed by atoms with E-state index in [1.54, 1.807) is 0 Å². The summed E-state index contributed by atoms with van der Waals surface area (Å²) in [6, 6.07) is 0. The third-order valence-corrected chi connectivity index (χ3v) is 7.83. The van der Waals surface area contributed by atoms with Crippen molar-refractivity contribution < 1.29 is 9.59 Å². The molecule has 0 amide bonds. The molecule has 4 aliphatic carbocycles. The van der Waals surface area contributed by atoms with Crippen LogP contribution < -0.4 is 0 Å². The molecule has 3 fully saturated rings. The van der Waals surface area contributed by atoms with Crippen molar-refractivity contribution in [1.82, 2.24) is 0 Å². The first-order chi connectivity index (χ1) is 10.9. The summed E-state index contributed by atoms with van der Waals surface area (Å²) in [5, 5.41) is 0. The number of hydrogen-bond acceptors (Lipinski definition) is 2. The number of hydrogen-bond donors (Lipinski definition) is 0. The fourth-order valence-electron chi connectivity index (χ4n) is 6.42. The van der Waals surface area contributed by atoms with Crippen molar-refractivity contribution in [1.29, 1.82) is 0 Å². The Morgan fingerprint density at radius 2 is 1.87 bits per heavy atom. The first-order valence-electron chi connectivity index (χ1n) is 9.40. The van der Waals surface area contributed by atoms with Gasteiger partial charge in [-0.25, -0.2) is 0 Å². The highest BCUT2D eigenvalue weighted by atomic mass is 16.1. The van der Waals surface area contributed by atoms with Gasteiger partial charge in [-0.3, -0.25) is 9.59 Å². The lowest BCUT2D eigenvalue weighted by atomic mass is 9.48. The molecule has 124 valence electrons. The van der Waals surface area contributed by atoms with Gasteiger partial charge in [0.1, 0.15) is 5.78 Å². The average molecular weight is 312 g/mol. The lowest BCUT2D eigenvalue weighted by Gasteiger charge is -2.55. The van der Waals surface area contributed by atoms with Crippen LogP contribution in [0.25, 0.3) is 0 Å². The van der Waals surface area contributed by atoms with Crippen LogP contribution in [-0.2, 0) is 9.59 Å². The zero-order valence-corrected chi connectivity index (χ0v) is 14.7. The maximum atomic E-state index is 12.4. The van der Waals surface area contributed by atoms with E-state index in [9.17, 15) is 9.59 Å². The van der Waals surface area contributed by atoms with Crippen LogP contribution in [0.4, 0.5) is 0 Å². The molecule has 0 aliphatic heterocycles. The number of rotatable bonds is 1. The molecule has 0 saturated heterocycles. The number of fused-ring (bicyclic) bond motifs is 5. The Labute approximate surface area is 139 Å². The van der Waals surface area contributed by atoms with E-state index in [4.69, 9.17) is 0 Å². The fourth-order valence-corrected chi connectivity index (χ4v) is 6.42.